The van der Waals surface area contributed by atoms with Gasteiger partial charge in [0.05, 0.1) is 17.2 Å². The van der Waals surface area contributed by atoms with Crippen molar-refractivity contribution >= 4 is 17.2 Å². The van der Waals surface area contributed by atoms with E-state index in [-0.39, 0.29) is 5.91 Å². The molecule has 0 radical (unpaired) electrons. The SMILES string of the molecule is Cc1ccc(C(=O)N2CC(n3ccnc3)C2)s1. The van der Waals surface area contributed by atoms with E-state index in [2.05, 4.69) is 9.55 Å². The number of thiophene rings is 1. The van der Waals surface area contributed by atoms with Crippen molar-refractivity contribution in [2.45, 2.75) is 13.0 Å². The van der Waals surface area contributed by atoms with Gasteiger partial charge in [0, 0.05) is 30.4 Å². The largest absolute Gasteiger partial charge is 0.334 e. The number of aromatic nitrogens is 2. The molecule has 0 aromatic carbocycles. The number of hydrogen-bond donors (Lipinski definition) is 0. The summed E-state index contributed by atoms with van der Waals surface area (Å²) >= 11 is 1.56. The third-order valence-corrected chi connectivity index (χ3v) is 4.04. The van der Waals surface area contributed by atoms with E-state index in [0.29, 0.717) is 6.04 Å². The van der Waals surface area contributed by atoms with Crippen molar-refractivity contribution in [1.29, 1.82) is 0 Å². The van der Waals surface area contributed by atoms with Gasteiger partial charge in [0.2, 0.25) is 0 Å². The summed E-state index contributed by atoms with van der Waals surface area (Å²) < 4.78 is 2.06. The van der Waals surface area contributed by atoms with Crippen LogP contribution in [0.1, 0.15) is 20.6 Å². The van der Waals surface area contributed by atoms with Crippen LogP contribution in [-0.4, -0.2) is 33.4 Å². The van der Waals surface area contributed by atoms with Crippen molar-refractivity contribution in [3.8, 4) is 0 Å². The average molecular weight is 247 g/mol. The van der Waals surface area contributed by atoms with Crippen LogP contribution in [0.3, 0.4) is 0 Å². The summed E-state index contributed by atoms with van der Waals surface area (Å²) in [5.41, 5.74) is 0. The fourth-order valence-electron chi connectivity index (χ4n) is 2.00. The second-order valence-corrected chi connectivity index (χ2v) is 5.57. The number of aryl methyl sites for hydroxylation is 1. The highest BCUT2D eigenvalue weighted by atomic mass is 32.1. The molecule has 1 aliphatic heterocycles. The van der Waals surface area contributed by atoms with Crippen LogP contribution >= 0.6 is 11.3 Å². The quantitative estimate of drug-likeness (QED) is 0.813. The second-order valence-electron chi connectivity index (χ2n) is 4.28. The van der Waals surface area contributed by atoms with Crippen molar-refractivity contribution in [1.82, 2.24) is 14.5 Å². The van der Waals surface area contributed by atoms with E-state index >= 15 is 0 Å². The number of rotatable bonds is 2. The van der Waals surface area contributed by atoms with E-state index in [4.69, 9.17) is 0 Å². The Balaban J connectivity index is 1.64. The van der Waals surface area contributed by atoms with Crippen LogP contribution in [0.15, 0.2) is 30.9 Å². The monoisotopic (exact) mass is 247 g/mol. The maximum absolute atomic E-state index is 12.1. The third-order valence-electron chi connectivity index (χ3n) is 3.05. The van der Waals surface area contributed by atoms with Gasteiger partial charge in [-0.3, -0.25) is 4.79 Å². The summed E-state index contributed by atoms with van der Waals surface area (Å²) in [4.78, 5) is 20.0. The zero-order chi connectivity index (χ0) is 11.8. The molecule has 17 heavy (non-hydrogen) atoms. The van der Waals surface area contributed by atoms with Crippen LogP contribution in [0.25, 0.3) is 0 Å². The Morgan fingerprint density at radius 2 is 2.29 bits per heavy atom. The molecule has 1 aliphatic rings. The van der Waals surface area contributed by atoms with Gasteiger partial charge in [-0.15, -0.1) is 11.3 Å². The van der Waals surface area contributed by atoms with Gasteiger partial charge in [-0.05, 0) is 19.1 Å². The first-order valence-corrected chi connectivity index (χ1v) is 6.39. The number of carbonyl (C=O) groups is 1. The highest BCUT2D eigenvalue weighted by Gasteiger charge is 2.32. The zero-order valence-corrected chi connectivity index (χ0v) is 10.4. The van der Waals surface area contributed by atoms with Crippen molar-refractivity contribution in [2.75, 3.05) is 13.1 Å². The molecule has 0 saturated carbocycles. The summed E-state index contributed by atoms with van der Waals surface area (Å²) in [6, 6.07) is 4.29. The Bertz CT molecular complexity index is 526. The number of nitrogens with zero attached hydrogens (tertiary/aromatic N) is 3. The number of carbonyl (C=O) groups excluding carboxylic acids is 1. The number of amides is 1. The number of imidazole rings is 1. The van der Waals surface area contributed by atoms with Crippen LogP contribution in [0, 0.1) is 6.92 Å². The molecule has 1 amide bonds. The molecule has 4 nitrogen and oxygen atoms in total. The molecule has 0 aliphatic carbocycles. The minimum atomic E-state index is 0.152. The van der Waals surface area contributed by atoms with E-state index < -0.39 is 0 Å². The number of hydrogen-bond acceptors (Lipinski definition) is 3. The minimum Gasteiger partial charge on any atom is -0.334 e. The molecule has 0 N–H and O–H groups in total. The molecule has 3 heterocycles. The molecule has 0 atom stereocenters. The topological polar surface area (TPSA) is 38.1 Å². The molecular formula is C12H13N3OS. The average Bonchev–Trinajstić information content (AvgIpc) is 2.86. The Kier molecular flexibility index (Phi) is 2.48. The summed E-state index contributed by atoms with van der Waals surface area (Å²) in [5, 5.41) is 0. The first-order valence-electron chi connectivity index (χ1n) is 5.57. The van der Waals surface area contributed by atoms with Gasteiger partial charge in [-0.25, -0.2) is 4.98 Å². The second kappa shape index (κ2) is 4.00. The van der Waals surface area contributed by atoms with Gasteiger partial charge >= 0.3 is 0 Å². The van der Waals surface area contributed by atoms with Crippen LogP contribution in [-0.2, 0) is 0 Å². The van der Waals surface area contributed by atoms with Crippen molar-refractivity contribution in [2.24, 2.45) is 0 Å². The molecule has 2 aromatic rings. The zero-order valence-electron chi connectivity index (χ0n) is 9.54. The van der Waals surface area contributed by atoms with Crippen molar-refractivity contribution < 1.29 is 4.79 Å². The first kappa shape index (κ1) is 10.5. The molecule has 1 fully saturated rings. The fraction of sp³-hybridized carbons (Fsp3) is 0.333. The normalized spacial score (nSPS) is 15.9. The van der Waals surface area contributed by atoms with Gasteiger partial charge in [0.25, 0.3) is 5.91 Å². The molecule has 0 bridgehead atoms. The van der Waals surface area contributed by atoms with E-state index in [1.54, 1.807) is 17.5 Å². The summed E-state index contributed by atoms with van der Waals surface area (Å²) in [6.07, 6.45) is 5.52. The fourth-order valence-corrected chi connectivity index (χ4v) is 2.84. The van der Waals surface area contributed by atoms with E-state index in [0.717, 1.165) is 18.0 Å². The van der Waals surface area contributed by atoms with Gasteiger partial charge in [-0.1, -0.05) is 0 Å². The smallest absolute Gasteiger partial charge is 0.264 e. The van der Waals surface area contributed by atoms with E-state index in [1.165, 1.54) is 4.88 Å². The van der Waals surface area contributed by atoms with Gasteiger partial charge in [0.15, 0.2) is 0 Å². The molecule has 0 spiro atoms. The van der Waals surface area contributed by atoms with Crippen molar-refractivity contribution in [3.63, 3.8) is 0 Å². The van der Waals surface area contributed by atoms with Crippen molar-refractivity contribution in [3.05, 3.63) is 40.6 Å². The Labute approximate surface area is 104 Å². The molecule has 88 valence electrons. The first-order chi connectivity index (χ1) is 8.24. The van der Waals surface area contributed by atoms with Crippen LogP contribution in [0.5, 0.6) is 0 Å². The lowest BCUT2D eigenvalue weighted by atomic mass is 10.1. The molecule has 2 aromatic heterocycles. The Hall–Kier alpha value is -1.62. The lowest BCUT2D eigenvalue weighted by Crippen LogP contribution is -2.50. The maximum Gasteiger partial charge on any atom is 0.264 e. The Morgan fingerprint density at radius 3 is 2.88 bits per heavy atom. The summed E-state index contributed by atoms with van der Waals surface area (Å²) in [5.74, 6) is 0.152. The maximum atomic E-state index is 12.1. The molecule has 1 saturated heterocycles. The van der Waals surface area contributed by atoms with E-state index in [1.807, 2.05) is 36.5 Å². The lowest BCUT2D eigenvalue weighted by molar-refractivity contribution is 0.0525. The minimum absolute atomic E-state index is 0.152. The summed E-state index contributed by atoms with van der Waals surface area (Å²) in [6.45, 7) is 3.59. The predicted molar refractivity (Wildman–Crippen MR) is 66.2 cm³/mol. The molecule has 3 rings (SSSR count). The Morgan fingerprint density at radius 1 is 1.47 bits per heavy atom. The number of likely N-dealkylation sites (tertiary alicyclic amines) is 1. The van der Waals surface area contributed by atoms with Gasteiger partial charge in [-0.2, -0.15) is 0 Å². The van der Waals surface area contributed by atoms with Gasteiger partial charge < -0.3 is 9.47 Å². The lowest BCUT2D eigenvalue weighted by Gasteiger charge is -2.39. The molecule has 0 unspecified atom stereocenters. The van der Waals surface area contributed by atoms with Crippen LogP contribution in [0.4, 0.5) is 0 Å². The summed E-state index contributed by atoms with van der Waals surface area (Å²) in [7, 11) is 0. The van der Waals surface area contributed by atoms with Crippen LogP contribution in [0.2, 0.25) is 0 Å². The van der Waals surface area contributed by atoms with Gasteiger partial charge in [0.1, 0.15) is 0 Å². The highest BCUT2D eigenvalue weighted by Crippen LogP contribution is 2.25. The third kappa shape index (κ3) is 1.86. The van der Waals surface area contributed by atoms with E-state index in [9.17, 15) is 4.79 Å². The van der Waals surface area contributed by atoms with Crippen LogP contribution < -0.4 is 0 Å². The highest BCUT2D eigenvalue weighted by molar-refractivity contribution is 7.13. The standard InChI is InChI=1S/C12H13N3OS/c1-9-2-3-11(17-9)12(16)15-6-10(7-15)14-5-4-13-8-14/h2-5,8,10H,6-7H2,1H3. The molecular weight excluding hydrogens is 234 g/mol. The molecule has 5 heteroatoms. The predicted octanol–water partition coefficient (Wildman–Crippen LogP) is 1.95.